The molecular formula is C22H18N2O5. The Balaban J connectivity index is 1.55. The Morgan fingerprint density at radius 3 is 2.62 bits per heavy atom. The number of aromatic nitrogens is 1. The van der Waals surface area contributed by atoms with Gasteiger partial charge in [-0.1, -0.05) is 18.2 Å². The van der Waals surface area contributed by atoms with Crippen LogP contribution in [0.2, 0.25) is 0 Å². The van der Waals surface area contributed by atoms with E-state index in [9.17, 15) is 9.59 Å². The van der Waals surface area contributed by atoms with Crippen molar-refractivity contribution < 1.29 is 23.2 Å². The van der Waals surface area contributed by atoms with Crippen molar-refractivity contribution in [2.24, 2.45) is 0 Å². The van der Waals surface area contributed by atoms with E-state index < -0.39 is 18.0 Å². The number of pyridine rings is 1. The molecule has 1 N–H and O–H groups in total. The summed E-state index contributed by atoms with van der Waals surface area (Å²) in [7, 11) is 0. The monoisotopic (exact) mass is 390 g/mol. The molecule has 3 aromatic heterocycles. The van der Waals surface area contributed by atoms with Gasteiger partial charge in [-0.3, -0.25) is 4.79 Å². The molecule has 0 fully saturated rings. The summed E-state index contributed by atoms with van der Waals surface area (Å²) in [5, 5.41) is 3.31. The van der Waals surface area contributed by atoms with Crippen LogP contribution in [0.5, 0.6) is 0 Å². The van der Waals surface area contributed by atoms with Gasteiger partial charge in [0.1, 0.15) is 11.5 Å². The van der Waals surface area contributed by atoms with E-state index in [2.05, 4.69) is 10.3 Å². The molecule has 1 atom stereocenters. The molecule has 4 rings (SSSR count). The Morgan fingerprint density at radius 1 is 1.07 bits per heavy atom. The lowest BCUT2D eigenvalue weighted by molar-refractivity contribution is -0.129. The first-order valence-electron chi connectivity index (χ1n) is 9.06. The first-order chi connectivity index (χ1) is 14.1. The molecule has 7 heteroatoms. The maximum Gasteiger partial charge on any atom is 0.339 e. The number of hydrogen-bond donors (Lipinski definition) is 1. The Labute approximate surface area is 166 Å². The largest absolute Gasteiger partial charge is 0.467 e. The lowest BCUT2D eigenvalue weighted by Gasteiger charge is -2.14. The fraction of sp³-hybridized carbons (Fsp3) is 0.136. The second-order valence-corrected chi connectivity index (χ2v) is 6.39. The third-order valence-corrected chi connectivity index (χ3v) is 4.38. The highest BCUT2D eigenvalue weighted by molar-refractivity contribution is 6.05. The second-order valence-electron chi connectivity index (χ2n) is 6.39. The maximum absolute atomic E-state index is 12.8. The molecule has 0 spiro atoms. The molecule has 0 saturated heterocycles. The summed E-state index contributed by atoms with van der Waals surface area (Å²) in [4.78, 5) is 29.7. The van der Waals surface area contributed by atoms with Gasteiger partial charge in [-0.2, -0.15) is 0 Å². The lowest BCUT2D eigenvalue weighted by Crippen LogP contribution is -2.35. The number of nitrogens with one attached hydrogen (secondary N) is 1. The average Bonchev–Trinajstić information content (AvgIpc) is 3.45. The highest BCUT2D eigenvalue weighted by Gasteiger charge is 2.22. The zero-order valence-electron chi connectivity index (χ0n) is 15.6. The van der Waals surface area contributed by atoms with E-state index in [-0.39, 0.29) is 6.54 Å². The van der Waals surface area contributed by atoms with E-state index in [4.69, 9.17) is 13.6 Å². The standard InChI is InChI=1S/C22H18N2O5/c1-14(21(25)23-13-15-6-4-10-27-15)29-22(26)17-12-19(20-9-5-11-28-20)24-18-8-3-2-7-16(17)18/h2-12,14H,13H2,1H3,(H,23,25)/t14-/m0/s1. The van der Waals surface area contributed by atoms with E-state index in [1.165, 1.54) is 19.5 Å². The van der Waals surface area contributed by atoms with Crippen molar-refractivity contribution >= 4 is 22.8 Å². The number of ether oxygens (including phenoxy) is 1. The number of nitrogens with zero attached hydrogens (tertiary/aromatic N) is 1. The molecule has 29 heavy (non-hydrogen) atoms. The Morgan fingerprint density at radius 2 is 1.86 bits per heavy atom. The smallest absolute Gasteiger partial charge is 0.339 e. The third-order valence-electron chi connectivity index (χ3n) is 4.38. The van der Waals surface area contributed by atoms with Gasteiger partial charge in [-0.05, 0) is 43.3 Å². The zero-order valence-corrected chi connectivity index (χ0v) is 15.6. The highest BCUT2D eigenvalue weighted by atomic mass is 16.5. The zero-order chi connectivity index (χ0) is 20.2. The van der Waals surface area contributed by atoms with Crippen molar-refractivity contribution in [2.45, 2.75) is 19.6 Å². The Hall–Kier alpha value is -3.87. The molecular weight excluding hydrogens is 372 g/mol. The minimum atomic E-state index is -0.976. The quantitative estimate of drug-likeness (QED) is 0.501. The summed E-state index contributed by atoms with van der Waals surface area (Å²) in [5.41, 5.74) is 1.45. The summed E-state index contributed by atoms with van der Waals surface area (Å²) >= 11 is 0. The van der Waals surface area contributed by atoms with E-state index in [0.29, 0.717) is 33.7 Å². The lowest BCUT2D eigenvalue weighted by atomic mass is 10.1. The van der Waals surface area contributed by atoms with E-state index >= 15 is 0 Å². The maximum atomic E-state index is 12.8. The van der Waals surface area contributed by atoms with Crippen molar-refractivity contribution in [1.82, 2.24) is 10.3 Å². The van der Waals surface area contributed by atoms with Gasteiger partial charge in [0, 0.05) is 5.39 Å². The van der Waals surface area contributed by atoms with Crippen LogP contribution in [0.15, 0.2) is 76.0 Å². The van der Waals surface area contributed by atoms with Crippen LogP contribution in [0.3, 0.4) is 0 Å². The summed E-state index contributed by atoms with van der Waals surface area (Å²) < 4.78 is 16.0. The molecule has 0 radical (unpaired) electrons. The SMILES string of the molecule is C[C@H](OC(=O)c1cc(-c2ccco2)nc2ccccc12)C(=O)NCc1ccco1. The van der Waals surface area contributed by atoms with Crippen LogP contribution >= 0.6 is 0 Å². The third kappa shape index (κ3) is 4.03. The normalized spacial score (nSPS) is 11.9. The van der Waals surface area contributed by atoms with E-state index in [0.717, 1.165) is 0 Å². The number of carbonyl (C=O) groups excluding carboxylic acids is 2. The predicted octanol–water partition coefficient (Wildman–Crippen LogP) is 3.95. The van der Waals surface area contributed by atoms with Crippen LogP contribution in [0, 0.1) is 0 Å². The van der Waals surface area contributed by atoms with Gasteiger partial charge in [-0.15, -0.1) is 0 Å². The van der Waals surface area contributed by atoms with Crippen LogP contribution in [-0.2, 0) is 16.1 Å². The molecule has 1 aromatic carbocycles. The van der Waals surface area contributed by atoms with Crippen LogP contribution < -0.4 is 5.32 Å². The predicted molar refractivity (Wildman–Crippen MR) is 105 cm³/mol. The molecule has 3 heterocycles. The minimum absolute atomic E-state index is 0.217. The van der Waals surface area contributed by atoms with Crippen molar-refractivity contribution in [3.63, 3.8) is 0 Å². The van der Waals surface area contributed by atoms with Gasteiger partial charge in [0.05, 0.1) is 30.2 Å². The molecule has 4 aromatic rings. The van der Waals surface area contributed by atoms with Crippen molar-refractivity contribution in [2.75, 3.05) is 0 Å². The summed E-state index contributed by atoms with van der Waals surface area (Å²) in [5.74, 6) is 0.116. The fourth-order valence-electron chi connectivity index (χ4n) is 2.90. The number of rotatable bonds is 6. The van der Waals surface area contributed by atoms with Crippen LogP contribution in [-0.4, -0.2) is 23.0 Å². The Kier molecular flexibility index (Phi) is 5.11. The molecule has 0 aliphatic heterocycles. The summed E-state index contributed by atoms with van der Waals surface area (Å²) in [6, 6.07) is 15.8. The number of furan rings is 2. The van der Waals surface area contributed by atoms with Gasteiger partial charge in [0.2, 0.25) is 0 Å². The Bertz CT molecular complexity index is 1130. The van der Waals surface area contributed by atoms with Gasteiger partial charge >= 0.3 is 5.97 Å². The number of benzene rings is 1. The van der Waals surface area contributed by atoms with Crippen molar-refractivity contribution in [3.05, 3.63) is 78.4 Å². The highest BCUT2D eigenvalue weighted by Crippen LogP contribution is 2.26. The van der Waals surface area contributed by atoms with Gasteiger partial charge in [0.15, 0.2) is 11.9 Å². The first-order valence-corrected chi connectivity index (χ1v) is 9.06. The van der Waals surface area contributed by atoms with Crippen LogP contribution in [0.25, 0.3) is 22.4 Å². The van der Waals surface area contributed by atoms with E-state index in [1.807, 2.05) is 12.1 Å². The van der Waals surface area contributed by atoms with Gasteiger partial charge in [-0.25, -0.2) is 9.78 Å². The summed E-state index contributed by atoms with van der Waals surface area (Å²) in [6.07, 6.45) is 2.09. The number of para-hydroxylation sites is 1. The number of fused-ring (bicyclic) bond motifs is 1. The van der Waals surface area contributed by atoms with Crippen molar-refractivity contribution in [3.8, 4) is 11.5 Å². The second kappa shape index (κ2) is 8.02. The number of esters is 1. The van der Waals surface area contributed by atoms with Gasteiger partial charge in [0.25, 0.3) is 5.91 Å². The molecule has 0 saturated carbocycles. The molecule has 7 nitrogen and oxygen atoms in total. The first kappa shape index (κ1) is 18.5. The van der Waals surface area contributed by atoms with Crippen molar-refractivity contribution in [1.29, 1.82) is 0 Å². The topological polar surface area (TPSA) is 94.6 Å². The molecule has 0 aliphatic carbocycles. The van der Waals surface area contributed by atoms with E-state index in [1.54, 1.807) is 42.5 Å². The molecule has 146 valence electrons. The molecule has 0 aliphatic rings. The average molecular weight is 390 g/mol. The number of amides is 1. The number of carbonyl (C=O) groups is 2. The molecule has 1 amide bonds. The molecule has 0 unspecified atom stereocenters. The fourth-order valence-corrected chi connectivity index (χ4v) is 2.90. The summed E-state index contributed by atoms with van der Waals surface area (Å²) in [6.45, 7) is 1.74. The van der Waals surface area contributed by atoms with Gasteiger partial charge < -0.3 is 18.9 Å². The molecule has 0 bridgehead atoms. The number of hydrogen-bond acceptors (Lipinski definition) is 6. The minimum Gasteiger partial charge on any atom is -0.467 e. The van der Waals surface area contributed by atoms with Crippen LogP contribution in [0.4, 0.5) is 0 Å². The van der Waals surface area contributed by atoms with Crippen LogP contribution in [0.1, 0.15) is 23.0 Å².